The first-order chi connectivity index (χ1) is 15.8. The highest BCUT2D eigenvalue weighted by molar-refractivity contribution is 5.92. The Hall–Kier alpha value is -2.57. The van der Waals surface area contributed by atoms with Crippen molar-refractivity contribution in [3.05, 3.63) is 34.9 Å². The monoisotopic (exact) mass is 475 g/mol. The molecule has 0 aliphatic rings. The van der Waals surface area contributed by atoms with Crippen LogP contribution in [0.1, 0.15) is 90.5 Å². The molecular weight excluding hydrogens is 430 g/mol. The van der Waals surface area contributed by atoms with Gasteiger partial charge in [0.25, 0.3) is 0 Å². The zero-order valence-electron chi connectivity index (χ0n) is 22.6. The zero-order chi connectivity index (χ0) is 26.1. The number of nitrogens with zero attached hydrogens (tertiary/aromatic N) is 1. The van der Waals surface area contributed by atoms with Crippen LogP contribution in [0.15, 0.2) is 18.2 Å². The number of ether oxygens (including phenoxy) is 1. The van der Waals surface area contributed by atoms with E-state index in [1.165, 1.54) is 0 Å². The average molecular weight is 476 g/mol. The molecule has 0 aliphatic heterocycles. The van der Waals surface area contributed by atoms with Crippen molar-refractivity contribution in [1.82, 2.24) is 15.5 Å². The van der Waals surface area contributed by atoms with E-state index in [1.54, 1.807) is 25.7 Å². The number of nitrogens with one attached hydrogen (secondary N) is 2. The van der Waals surface area contributed by atoms with E-state index in [-0.39, 0.29) is 17.7 Å². The molecule has 3 amide bonds. The SMILES string of the molecule is CCCCCNC(=O)C(c1cc(C)cc(C)c1)N(CC)C(=O)C(NC(=O)OC(C)(C)C)C(C)C. The maximum absolute atomic E-state index is 13.8. The van der Waals surface area contributed by atoms with Crippen molar-refractivity contribution in [2.75, 3.05) is 13.1 Å². The quantitative estimate of drug-likeness (QED) is 0.439. The Balaban J connectivity index is 3.32. The van der Waals surface area contributed by atoms with Gasteiger partial charge >= 0.3 is 6.09 Å². The van der Waals surface area contributed by atoms with Crippen LogP contribution >= 0.6 is 0 Å². The van der Waals surface area contributed by atoms with E-state index in [0.29, 0.717) is 13.1 Å². The molecule has 2 atom stereocenters. The van der Waals surface area contributed by atoms with Crippen LogP contribution in [-0.2, 0) is 14.3 Å². The van der Waals surface area contributed by atoms with Crippen LogP contribution in [0.2, 0.25) is 0 Å². The van der Waals surface area contributed by atoms with E-state index in [2.05, 4.69) is 17.6 Å². The molecule has 34 heavy (non-hydrogen) atoms. The minimum atomic E-state index is -0.823. The Kier molecular flexibility index (Phi) is 11.6. The molecule has 0 saturated carbocycles. The van der Waals surface area contributed by atoms with Gasteiger partial charge in [-0.25, -0.2) is 4.79 Å². The molecule has 7 nitrogen and oxygen atoms in total. The second-order valence-electron chi connectivity index (χ2n) is 10.3. The summed E-state index contributed by atoms with van der Waals surface area (Å²) < 4.78 is 5.38. The lowest BCUT2D eigenvalue weighted by molar-refractivity contribution is -0.143. The van der Waals surface area contributed by atoms with Gasteiger partial charge in [0.05, 0.1) is 0 Å². The summed E-state index contributed by atoms with van der Waals surface area (Å²) in [5.74, 6) is -0.714. The van der Waals surface area contributed by atoms with Crippen LogP contribution in [0.3, 0.4) is 0 Å². The number of aryl methyl sites for hydroxylation is 2. The van der Waals surface area contributed by atoms with Gasteiger partial charge in [-0.1, -0.05) is 62.9 Å². The summed E-state index contributed by atoms with van der Waals surface area (Å²) in [4.78, 5) is 41.2. The first-order valence-electron chi connectivity index (χ1n) is 12.5. The van der Waals surface area contributed by atoms with E-state index in [1.807, 2.05) is 52.8 Å². The van der Waals surface area contributed by atoms with Crippen molar-refractivity contribution in [3.8, 4) is 0 Å². The average Bonchev–Trinajstić information content (AvgIpc) is 2.70. The van der Waals surface area contributed by atoms with Gasteiger partial charge < -0.3 is 20.3 Å². The predicted octanol–water partition coefficient (Wildman–Crippen LogP) is 5.05. The smallest absolute Gasteiger partial charge is 0.408 e. The molecule has 192 valence electrons. The third kappa shape index (κ3) is 9.35. The van der Waals surface area contributed by atoms with Crippen LogP contribution in [0, 0.1) is 19.8 Å². The van der Waals surface area contributed by atoms with Gasteiger partial charge in [-0.15, -0.1) is 0 Å². The van der Waals surface area contributed by atoms with Crippen LogP contribution in [-0.4, -0.2) is 47.5 Å². The fourth-order valence-electron chi connectivity index (χ4n) is 3.92. The third-order valence-corrected chi connectivity index (χ3v) is 5.43. The predicted molar refractivity (Wildman–Crippen MR) is 137 cm³/mol. The molecule has 1 aromatic carbocycles. The summed E-state index contributed by atoms with van der Waals surface area (Å²) in [6.07, 6.45) is 2.32. The van der Waals surface area contributed by atoms with Crippen molar-refractivity contribution >= 4 is 17.9 Å². The molecule has 0 saturated heterocycles. The van der Waals surface area contributed by atoms with Gasteiger partial charge in [-0.05, 0) is 59.4 Å². The number of benzene rings is 1. The number of amides is 3. The first-order valence-corrected chi connectivity index (χ1v) is 12.5. The van der Waals surface area contributed by atoms with Crippen molar-refractivity contribution < 1.29 is 19.1 Å². The van der Waals surface area contributed by atoms with E-state index >= 15 is 0 Å². The Bertz CT molecular complexity index is 809. The summed E-state index contributed by atoms with van der Waals surface area (Å²) in [5, 5.41) is 5.75. The van der Waals surface area contributed by atoms with E-state index in [0.717, 1.165) is 36.0 Å². The summed E-state index contributed by atoms with van der Waals surface area (Å²) in [6.45, 7) is 17.8. The molecular formula is C27H45N3O4. The first kappa shape index (κ1) is 29.5. The lowest BCUT2D eigenvalue weighted by Gasteiger charge is -2.35. The molecule has 0 spiro atoms. The van der Waals surface area contributed by atoms with Gasteiger partial charge in [0.2, 0.25) is 11.8 Å². The molecule has 7 heteroatoms. The minimum absolute atomic E-state index is 0.193. The number of carbonyl (C=O) groups excluding carboxylic acids is 3. The van der Waals surface area contributed by atoms with Gasteiger partial charge in [-0.2, -0.15) is 0 Å². The number of rotatable bonds is 11. The molecule has 0 heterocycles. The molecule has 2 unspecified atom stereocenters. The zero-order valence-corrected chi connectivity index (χ0v) is 22.6. The fourth-order valence-corrected chi connectivity index (χ4v) is 3.92. The van der Waals surface area contributed by atoms with Crippen LogP contribution < -0.4 is 10.6 Å². The van der Waals surface area contributed by atoms with Crippen molar-refractivity contribution in [2.24, 2.45) is 5.92 Å². The summed E-state index contributed by atoms with van der Waals surface area (Å²) in [6, 6.07) is 4.32. The highest BCUT2D eigenvalue weighted by atomic mass is 16.6. The van der Waals surface area contributed by atoms with Gasteiger partial charge in [-0.3, -0.25) is 9.59 Å². The molecule has 2 N–H and O–H groups in total. The molecule has 0 fully saturated rings. The van der Waals surface area contributed by atoms with Gasteiger partial charge in [0.15, 0.2) is 0 Å². The van der Waals surface area contributed by atoms with Crippen molar-refractivity contribution in [2.45, 2.75) is 99.3 Å². The summed E-state index contributed by atoms with van der Waals surface area (Å²) >= 11 is 0. The molecule has 0 aromatic heterocycles. The number of carbonyl (C=O) groups is 3. The molecule has 0 radical (unpaired) electrons. The molecule has 1 aromatic rings. The summed E-state index contributed by atoms with van der Waals surface area (Å²) in [7, 11) is 0. The topological polar surface area (TPSA) is 87.7 Å². The Labute approximate surface area is 206 Å². The number of hydrogen-bond acceptors (Lipinski definition) is 4. The minimum Gasteiger partial charge on any atom is -0.444 e. The highest BCUT2D eigenvalue weighted by Crippen LogP contribution is 2.25. The summed E-state index contributed by atoms with van der Waals surface area (Å²) in [5.41, 5.74) is 2.13. The third-order valence-electron chi connectivity index (χ3n) is 5.43. The van der Waals surface area contributed by atoms with Crippen molar-refractivity contribution in [3.63, 3.8) is 0 Å². The van der Waals surface area contributed by atoms with Gasteiger partial charge in [0.1, 0.15) is 17.7 Å². The largest absolute Gasteiger partial charge is 0.444 e. The lowest BCUT2D eigenvalue weighted by Crippen LogP contribution is -2.54. The van der Waals surface area contributed by atoms with Crippen LogP contribution in [0.5, 0.6) is 0 Å². The number of hydrogen-bond donors (Lipinski definition) is 2. The Morgan fingerprint density at radius 2 is 1.59 bits per heavy atom. The Morgan fingerprint density at radius 3 is 2.06 bits per heavy atom. The molecule has 1 rings (SSSR count). The van der Waals surface area contributed by atoms with E-state index in [4.69, 9.17) is 4.74 Å². The second-order valence-corrected chi connectivity index (χ2v) is 10.3. The standard InChI is InChI=1S/C27H45N3O4/c1-10-12-13-14-28-24(31)23(21-16-19(5)15-20(6)17-21)30(11-2)25(32)22(18(3)4)29-26(33)34-27(7,8)9/h15-18,22-23H,10-14H2,1-9H3,(H,28,31)(H,29,33). The lowest BCUT2D eigenvalue weighted by atomic mass is 9.96. The maximum Gasteiger partial charge on any atom is 0.408 e. The van der Waals surface area contributed by atoms with Crippen molar-refractivity contribution in [1.29, 1.82) is 0 Å². The van der Waals surface area contributed by atoms with E-state index in [9.17, 15) is 14.4 Å². The van der Waals surface area contributed by atoms with Gasteiger partial charge in [0, 0.05) is 13.1 Å². The number of likely N-dealkylation sites (N-methyl/N-ethyl adjacent to an activating group) is 1. The van der Waals surface area contributed by atoms with Crippen LogP contribution in [0.4, 0.5) is 4.79 Å². The Morgan fingerprint density at radius 1 is 1.00 bits per heavy atom. The molecule has 0 aliphatic carbocycles. The maximum atomic E-state index is 13.8. The molecule has 0 bridgehead atoms. The van der Waals surface area contributed by atoms with E-state index < -0.39 is 23.8 Å². The fraction of sp³-hybridized carbons (Fsp3) is 0.667. The number of alkyl carbamates (subject to hydrolysis) is 1. The highest BCUT2D eigenvalue weighted by Gasteiger charge is 2.36. The normalized spacial score (nSPS) is 13.2. The number of unbranched alkanes of at least 4 members (excludes halogenated alkanes) is 2. The second kappa shape index (κ2) is 13.4. The van der Waals surface area contributed by atoms with Crippen LogP contribution in [0.25, 0.3) is 0 Å².